The van der Waals surface area contributed by atoms with E-state index in [9.17, 15) is 4.79 Å². The Labute approximate surface area is 95.0 Å². The number of hydrogen-bond donors (Lipinski definition) is 0. The van der Waals surface area contributed by atoms with Crippen LogP contribution in [0.15, 0.2) is 0 Å². The van der Waals surface area contributed by atoms with Gasteiger partial charge in [0, 0.05) is 19.1 Å². The maximum Gasteiger partial charge on any atom is 0.308 e. The van der Waals surface area contributed by atoms with Gasteiger partial charge in [0.05, 0.1) is 26.2 Å². The van der Waals surface area contributed by atoms with Crippen LogP contribution in [0, 0.1) is 5.92 Å². The first-order valence-electron chi connectivity index (χ1n) is 5.71. The summed E-state index contributed by atoms with van der Waals surface area (Å²) in [6.45, 7) is 2.03. The lowest BCUT2D eigenvalue weighted by Gasteiger charge is -2.26. The molecule has 2 atom stereocenters. The van der Waals surface area contributed by atoms with Crippen LogP contribution in [-0.4, -0.2) is 45.3 Å². The Kier molecular flexibility index (Phi) is 4.15. The molecule has 5 heteroatoms. The minimum Gasteiger partial charge on any atom is -0.469 e. The molecule has 0 radical (unpaired) electrons. The Balaban J connectivity index is 1.76. The summed E-state index contributed by atoms with van der Waals surface area (Å²) in [4.78, 5) is 11.1. The van der Waals surface area contributed by atoms with E-state index in [1.807, 2.05) is 0 Å². The fourth-order valence-corrected chi connectivity index (χ4v) is 2.08. The summed E-state index contributed by atoms with van der Waals surface area (Å²) in [5, 5.41) is 0. The molecule has 2 saturated heterocycles. The summed E-state index contributed by atoms with van der Waals surface area (Å²) >= 11 is 0. The predicted molar refractivity (Wildman–Crippen MR) is 54.8 cm³/mol. The molecule has 2 aliphatic heterocycles. The van der Waals surface area contributed by atoms with Crippen LogP contribution >= 0.6 is 0 Å². The molecule has 2 aliphatic rings. The van der Waals surface area contributed by atoms with E-state index in [-0.39, 0.29) is 24.8 Å². The van der Waals surface area contributed by atoms with Crippen molar-refractivity contribution >= 4 is 5.97 Å². The molecular formula is C11H18O5. The van der Waals surface area contributed by atoms with Crippen molar-refractivity contribution in [1.29, 1.82) is 0 Å². The summed E-state index contributed by atoms with van der Waals surface area (Å²) in [6.07, 6.45) is 1.89. The number of hydrogen-bond acceptors (Lipinski definition) is 5. The van der Waals surface area contributed by atoms with Crippen LogP contribution in [0.3, 0.4) is 0 Å². The van der Waals surface area contributed by atoms with Gasteiger partial charge >= 0.3 is 5.97 Å². The van der Waals surface area contributed by atoms with Crippen molar-refractivity contribution < 1.29 is 23.7 Å². The Morgan fingerprint density at radius 3 is 2.81 bits per heavy atom. The number of rotatable bonds is 3. The van der Waals surface area contributed by atoms with E-state index in [2.05, 4.69) is 4.74 Å². The smallest absolute Gasteiger partial charge is 0.308 e. The molecule has 92 valence electrons. The monoisotopic (exact) mass is 230 g/mol. The fourth-order valence-electron chi connectivity index (χ4n) is 2.08. The van der Waals surface area contributed by atoms with Crippen molar-refractivity contribution in [1.82, 2.24) is 0 Å². The third-order valence-electron chi connectivity index (χ3n) is 3.05. The predicted octanol–water partition coefficient (Wildman–Crippen LogP) is 0.718. The number of methoxy groups -OCH3 is 1. The largest absolute Gasteiger partial charge is 0.469 e. The minimum absolute atomic E-state index is 0.153. The van der Waals surface area contributed by atoms with E-state index < -0.39 is 0 Å². The molecule has 2 unspecified atom stereocenters. The van der Waals surface area contributed by atoms with Crippen molar-refractivity contribution in [2.24, 2.45) is 5.92 Å². The van der Waals surface area contributed by atoms with Crippen LogP contribution in [0.25, 0.3) is 0 Å². The molecule has 2 fully saturated rings. The molecule has 0 amide bonds. The zero-order valence-electron chi connectivity index (χ0n) is 9.52. The molecule has 16 heavy (non-hydrogen) atoms. The molecule has 0 saturated carbocycles. The maximum atomic E-state index is 11.1. The average molecular weight is 230 g/mol. The first kappa shape index (κ1) is 11.8. The van der Waals surface area contributed by atoms with Gasteiger partial charge in [-0.3, -0.25) is 4.79 Å². The molecular weight excluding hydrogens is 212 g/mol. The van der Waals surface area contributed by atoms with E-state index in [0.717, 1.165) is 26.1 Å². The summed E-state index contributed by atoms with van der Waals surface area (Å²) in [7, 11) is 1.38. The van der Waals surface area contributed by atoms with E-state index in [0.29, 0.717) is 12.5 Å². The zero-order chi connectivity index (χ0) is 11.4. The number of carbonyl (C=O) groups excluding carboxylic acids is 1. The molecule has 0 aromatic heterocycles. The van der Waals surface area contributed by atoms with Crippen molar-refractivity contribution in [2.45, 2.75) is 31.7 Å². The second-order valence-electron chi connectivity index (χ2n) is 4.19. The van der Waals surface area contributed by atoms with Crippen molar-refractivity contribution in [2.75, 3.05) is 26.9 Å². The van der Waals surface area contributed by atoms with Gasteiger partial charge in [0.1, 0.15) is 0 Å². The highest BCUT2D eigenvalue weighted by atomic mass is 16.7. The zero-order valence-corrected chi connectivity index (χ0v) is 9.52. The van der Waals surface area contributed by atoms with Crippen molar-refractivity contribution in [3.63, 3.8) is 0 Å². The second kappa shape index (κ2) is 5.61. The molecule has 2 heterocycles. The standard InChI is InChI=1S/C11H18O5/c1-13-10(12)6-9-7-15-11(16-9)8-2-4-14-5-3-8/h8-9,11H,2-7H2,1H3. The highest BCUT2D eigenvalue weighted by Crippen LogP contribution is 2.27. The number of esters is 1. The quantitative estimate of drug-likeness (QED) is 0.669. The Hall–Kier alpha value is -0.650. The lowest BCUT2D eigenvalue weighted by atomic mass is 10.00. The Morgan fingerprint density at radius 1 is 1.38 bits per heavy atom. The summed E-state index contributed by atoms with van der Waals surface area (Å²) < 4.78 is 21.1. The molecule has 0 bridgehead atoms. The minimum atomic E-state index is -0.249. The van der Waals surface area contributed by atoms with Crippen molar-refractivity contribution in [3.8, 4) is 0 Å². The van der Waals surface area contributed by atoms with E-state index in [4.69, 9.17) is 14.2 Å². The lowest BCUT2D eigenvalue weighted by Crippen LogP contribution is -2.29. The first-order chi connectivity index (χ1) is 7.79. The highest BCUT2D eigenvalue weighted by molar-refractivity contribution is 5.69. The normalized spacial score (nSPS) is 31.6. The van der Waals surface area contributed by atoms with Gasteiger partial charge in [-0.25, -0.2) is 0 Å². The van der Waals surface area contributed by atoms with Gasteiger partial charge in [-0.1, -0.05) is 0 Å². The van der Waals surface area contributed by atoms with E-state index in [1.54, 1.807) is 0 Å². The van der Waals surface area contributed by atoms with Crippen LogP contribution in [0.2, 0.25) is 0 Å². The van der Waals surface area contributed by atoms with Gasteiger partial charge < -0.3 is 18.9 Å². The Morgan fingerprint density at radius 2 is 2.12 bits per heavy atom. The molecule has 0 spiro atoms. The molecule has 0 aliphatic carbocycles. The topological polar surface area (TPSA) is 54.0 Å². The van der Waals surface area contributed by atoms with Gasteiger partial charge in [-0.2, -0.15) is 0 Å². The van der Waals surface area contributed by atoms with Gasteiger partial charge in [-0.15, -0.1) is 0 Å². The summed E-state index contributed by atoms with van der Waals surface area (Å²) in [5.74, 6) is 0.151. The first-order valence-corrected chi connectivity index (χ1v) is 5.71. The molecule has 2 rings (SSSR count). The highest BCUT2D eigenvalue weighted by Gasteiger charge is 2.34. The summed E-state index contributed by atoms with van der Waals surface area (Å²) in [6, 6.07) is 0. The molecule has 0 aromatic rings. The maximum absolute atomic E-state index is 11.1. The van der Waals surface area contributed by atoms with E-state index in [1.165, 1.54) is 7.11 Å². The average Bonchev–Trinajstić information content (AvgIpc) is 2.78. The SMILES string of the molecule is COC(=O)CC1COC(C2CCOCC2)O1. The van der Waals surface area contributed by atoms with Crippen LogP contribution in [0.5, 0.6) is 0 Å². The summed E-state index contributed by atoms with van der Waals surface area (Å²) in [5.41, 5.74) is 0. The third kappa shape index (κ3) is 2.93. The van der Waals surface area contributed by atoms with E-state index >= 15 is 0 Å². The van der Waals surface area contributed by atoms with Gasteiger partial charge in [0.2, 0.25) is 0 Å². The second-order valence-corrected chi connectivity index (χ2v) is 4.19. The van der Waals surface area contributed by atoms with Crippen molar-refractivity contribution in [3.05, 3.63) is 0 Å². The van der Waals surface area contributed by atoms with Gasteiger partial charge in [0.15, 0.2) is 6.29 Å². The van der Waals surface area contributed by atoms with Crippen LogP contribution < -0.4 is 0 Å². The number of ether oxygens (including phenoxy) is 4. The van der Waals surface area contributed by atoms with Gasteiger partial charge in [0.25, 0.3) is 0 Å². The lowest BCUT2D eigenvalue weighted by molar-refractivity contribution is -0.146. The molecule has 0 aromatic carbocycles. The molecule has 0 N–H and O–H groups in total. The van der Waals surface area contributed by atoms with Gasteiger partial charge in [-0.05, 0) is 12.8 Å². The van der Waals surface area contributed by atoms with Crippen LogP contribution in [-0.2, 0) is 23.7 Å². The Bertz CT molecular complexity index is 237. The third-order valence-corrected chi connectivity index (χ3v) is 3.05. The molecule has 5 nitrogen and oxygen atoms in total. The van der Waals surface area contributed by atoms with Crippen LogP contribution in [0.1, 0.15) is 19.3 Å². The fraction of sp³-hybridized carbons (Fsp3) is 0.909. The number of carbonyl (C=O) groups is 1. The van der Waals surface area contributed by atoms with Crippen LogP contribution in [0.4, 0.5) is 0 Å².